The number of carbonyl (C=O) groups excluding carboxylic acids is 1. The van der Waals surface area contributed by atoms with Crippen LogP contribution in [-0.4, -0.2) is 36.9 Å². The number of urea groups is 1. The van der Waals surface area contributed by atoms with E-state index in [4.69, 9.17) is 0 Å². The first-order valence-corrected chi connectivity index (χ1v) is 9.90. The predicted molar refractivity (Wildman–Crippen MR) is 88.3 cm³/mol. The van der Waals surface area contributed by atoms with Crippen molar-refractivity contribution in [2.75, 3.05) is 12.3 Å². The predicted octanol–water partition coefficient (Wildman–Crippen LogP) is 2.36. The Morgan fingerprint density at radius 2 is 2.09 bits per heavy atom. The Kier molecular flexibility index (Phi) is 4.20. The van der Waals surface area contributed by atoms with Crippen LogP contribution in [0.3, 0.4) is 0 Å². The second-order valence-electron chi connectivity index (χ2n) is 5.99. The van der Waals surface area contributed by atoms with E-state index in [0.29, 0.717) is 13.1 Å². The lowest BCUT2D eigenvalue weighted by molar-refractivity contribution is 0.199. The average molecular weight is 387 g/mol. The molecule has 0 aromatic heterocycles. The van der Waals surface area contributed by atoms with Gasteiger partial charge >= 0.3 is 6.03 Å². The number of sulfone groups is 1. The summed E-state index contributed by atoms with van der Waals surface area (Å²) in [4.78, 5) is 13.9. The molecular formula is C15H19BrN2O3S. The van der Waals surface area contributed by atoms with Gasteiger partial charge in [0.15, 0.2) is 9.84 Å². The first kappa shape index (κ1) is 15.8. The molecule has 0 unspecified atom stereocenters. The van der Waals surface area contributed by atoms with Crippen LogP contribution in [0.25, 0.3) is 0 Å². The summed E-state index contributed by atoms with van der Waals surface area (Å²) in [6.45, 7) is 3.33. The van der Waals surface area contributed by atoms with E-state index in [9.17, 15) is 13.2 Å². The molecule has 120 valence electrons. The number of aryl methyl sites for hydroxylation is 1. The topological polar surface area (TPSA) is 66.5 Å². The van der Waals surface area contributed by atoms with Crippen molar-refractivity contribution >= 4 is 31.8 Å². The Labute approximate surface area is 139 Å². The lowest BCUT2D eigenvalue weighted by Crippen LogP contribution is -2.39. The molecule has 7 heteroatoms. The van der Waals surface area contributed by atoms with Gasteiger partial charge in [-0.2, -0.15) is 0 Å². The molecule has 1 saturated carbocycles. The molecule has 0 spiro atoms. The van der Waals surface area contributed by atoms with Crippen LogP contribution in [0, 0.1) is 6.92 Å². The van der Waals surface area contributed by atoms with E-state index in [1.807, 2.05) is 19.1 Å². The number of rotatable bonds is 4. The second kappa shape index (κ2) is 5.85. The quantitative estimate of drug-likeness (QED) is 0.863. The smallest absolute Gasteiger partial charge is 0.318 e. The van der Waals surface area contributed by atoms with Gasteiger partial charge in [-0.1, -0.05) is 28.1 Å². The average Bonchev–Trinajstić information content (AvgIpc) is 3.23. The Morgan fingerprint density at radius 3 is 2.77 bits per heavy atom. The van der Waals surface area contributed by atoms with E-state index in [-0.39, 0.29) is 23.6 Å². The SMILES string of the molecule is Cc1ccc2c(c1Br)CN(C(=O)NCCS(=O)(=O)C1CC1)C2. The third-order valence-electron chi connectivity index (χ3n) is 4.23. The number of benzene rings is 1. The van der Waals surface area contributed by atoms with E-state index in [1.165, 1.54) is 0 Å². The van der Waals surface area contributed by atoms with Crippen molar-refractivity contribution in [1.82, 2.24) is 10.2 Å². The Balaban J connectivity index is 1.55. The summed E-state index contributed by atoms with van der Waals surface area (Å²) in [5.41, 5.74) is 3.43. The number of fused-ring (bicyclic) bond motifs is 1. The van der Waals surface area contributed by atoms with Crippen molar-refractivity contribution < 1.29 is 13.2 Å². The lowest BCUT2D eigenvalue weighted by Gasteiger charge is -2.16. The Bertz CT molecular complexity index is 714. The fourth-order valence-electron chi connectivity index (χ4n) is 2.70. The molecule has 1 aliphatic heterocycles. The molecule has 22 heavy (non-hydrogen) atoms. The summed E-state index contributed by atoms with van der Waals surface area (Å²) in [6.07, 6.45) is 1.54. The lowest BCUT2D eigenvalue weighted by atomic mass is 10.1. The van der Waals surface area contributed by atoms with E-state index in [1.54, 1.807) is 4.90 Å². The number of hydrogen-bond acceptors (Lipinski definition) is 3. The van der Waals surface area contributed by atoms with Gasteiger partial charge in [-0.3, -0.25) is 0 Å². The number of halogens is 1. The zero-order valence-corrected chi connectivity index (χ0v) is 14.8. The van der Waals surface area contributed by atoms with Gasteiger partial charge in [-0.25, -0.2) is 13.2 Å². The molecule has 1 aromatic rings. The summed E-state index contributed by atoms with van der Waals surface area (Å²) in [5, 5.41) is 2.56. The van der Waals surface area contributed by atoms with Crippen LogP contribution < -0.4 is 5.32 Å². The first-order valence-electron chi connectivity index (χ1n) is 7.39. The minimum Gasteiger partial charge on any atom is -0.337 e. The zero-order valence-electron chi connectivity index (χ0n) is 12.4. The van der Waals surface area contributed by atoms with Gasteiger partial charge in [0.25, 0.3) is 0 Å². The molecule has 5 nitrogen and oxygen atoms in total. The van der Waals surface area contributed by atoms with Crippen LogP contribution in [0.2, 0.25) is 0 Å². The number of nitrogens with zero attached hydrogens (tertiary/aromatic N) is 1. The van der Waals surface area contributed by atoms with Gasteiger partial charge in [0.1, 0.15) is 0 Å². The molecule has 1 fully saturated rings. The highest BCUT2D eigenvalue weighted by Crippen LogP contribution is 2.32. The normalized spacial score (nSPS) is 17.5. The van der Waals surface area contributed by atoms with Gasteiger partial charge in [0.05, 0.1) is 11.0 Å². The fourth-order valence-corrected chi connectivity index (χ4v) is 4.79. The van der Waals surface area contributed by atoms with Crippen molar-refractivity contribution in [1.29, 1.82) is 0 Å². The minimum atomic E-state index is -3.01. The maximum atomic E-state index is 12.2. The third-order valence-corrected chi connectivity index (χ3v) is 7.59. The van der Waals surface area contributed by atoms with Crippen molar-refractivity contribution in [3.63, 3.8) is 0 Å². The molecule has 1 aliphatic carbocycles. The first-order chi connectivity index (χ1) is 10.4. The van der Waals surface area contributed by atoms with Crippen molar-refractivity contribution in [3.8, 4) is 0 Å². The standard InChI is InChI=1S/C15H19BrN2O3S/c1-10-2-3-11-8-18(9-13(11)14(10)16)15(19)17-6-7-22(20,21)12-4-5-12/h2-3,12H,4-9H2,1H3,(H,17,19). The summed E-state index contributed by atoms with van der Waals surface area (Å²) < 4.78 is 24.6. The summed E-state index contributed by atoms with van der Waals surface area (Å²) in [7, 11) is -3.01. The van der Waals surface area contributed by atoms with Gasteiger partial charge in [0, 0.05) is 24.1 Å². The molecular weight excluding hydrogens is 368 g/mol. The van der Waals surface area contributed by atoms with E-state index in [2.05, 4.69) is 21.2 Å². The Morgan fingerprint density at radius 1 is 1.36 bits per heavy atom. The number of carbonyl (C=O) groups is 1. The maximum Gasteiger partial charge on any atom is 0.318 e. The number of hydrogen-bond donors (Lipinski definition) is 1. The van der Waals surface area contributed by atoms with Crippen molar-refractivity contribution in [2.24, 2.45) is 0 Å². The van der Waals surface area contributed by atoms with E-state index < -0.39 is 9.84 Å². The van der Waals surface area contributed by atoms with Crippen LogP contribution in [0.1, 0.15) is 29.5 Å². The fraction of sp³-hybridized carbons (Fsp3) is 0.533. The summed E-state index contributed by atoms with van der Waals surface area (Å²) in [6, 6.07) is 3.87. The Hall–Kier alpha value is -1.08. The number of amides is 2. The monoisotopic (exact) mass is 386 g/mol. The number of nitrogens with one attached hydrogen (secondary N) is 1. The van der Waals surface area contributed by atoms with E-state index in [0.717, 1.165) is 34.0 Å². The van der Waals surface area contributed by atoms with Gasteiger partial charge in [-0.15, -0.1) is 0 Å². The second-order valence-corrected chi connectivity index (χ2v) is 9.18. The molecule has 3 rings (SSSR count). The third kappa shape index (κ3) is 3.15. The molecule has 0 radical (unpaired) electrons. The molecule has 1 aromatic carbocycles. The molecule has 0 bridgehead atoms. The van der Waals surface area contributed by atoms with E-state index >= 15 is 0 Å². The maximum absolute atomic E-state index is 12.2. The van der Waals surface area contributed by atoms with Crippen LogP contribution in [0.4, 0.5) is 4.79 Å². The zero-order chi connectivity index (χ0) is 15.9. The molecule has 0 atom stereocenters. The van der Waals surface area contributed by atoms with Crippen molar-refractivity contribution in [2.45, 2.75) is 38.1 Å². The highest BCUT2D eigenvalue weighted by Gasteiger charge is 2.35. The highest BCUT2D eigenvalue weighted by molar-refractivity contribution is 9.10. The van der Waals surface area contributed by atoms with Crippen LogP contribution in [-0.2, 0) is 22.9 Å². The largest absolute Gasteiger partial charge is 0.337 e. The summed E-state index contributed by atoms with van der Waals surface area (Å²) in [5.74, 6) is 0.0347. The van der Waals surface area contributed by atoms with Crippen molar-refractivity contribution in [3.05, 3.63) is 33.3 Å². The highest BCUT2D eigenvalue weighted by atomic mass is 79.9. The molecule has 0 saturated heterocycles. The van der Waals surface area contributed by atoms with Crippen LogP contribution in [0.15, 0.2) is 16.6 Å². The van der Waals surface area contributed by atoms with Crippen LogP contribution in [0.5, 0.6) is 0 Å². The van der Waals surface area contributed by atoms with Crippen LogP contribution >= 0.6 is 15.9 Å². The van der Waals surface area contributed by atoms with Gasteiger partial charge in [-0.05, 0) is 36.5 Å². The minimum absolute atomic E-state index is 0.0347. The van der Waals surface area contributed by atoms with Gasteiger partial charge in [0.2, 0.25) is 0 Å². The molecule has 2 aliphatic rings. The van der Waals surface area contributed by atoms with Gasteiger partial charge < -0.3 is 10.2 Å². The molecule has 1 N–H and O–H groups in total. The molecule has 1 heterocycles. The summed E-state index contributed by atoms with van der Waals surface area (Å²) >= 11 is 3.57. The molecule has 2 amide bonds.